The molecular weight excluding hydrogens is 215 g/mol. The van der Waals surface area contributed by atoms with Gasteiger partial charge in [-0.25, -0.2) is 4.39 Å². The topological polar surface area (TPSA) is 29.3 Å². The van der Waals surface area contributed by atoms with Gasteiger partial charge < -0.3 is 10.6 Å². The van der Waals surface area contributed by atoms with Crippen LogP contribution in [0.5, 0.6) is 0 Å². The molecule has 0 bridgehead atoms. The number of rotatable bonds is 5. The zero-order valence-corrected chi connectivity index (χ0v) is 11.2. The highest BCUT2D eigenvalue weighted by molar-refractivity contribution is 5.55. The van der Waals surface area contributed by atoms with Crippen molar-refractivity contribution in [3.05, 3.63) is 29.6 Å². The lowest BCUT2D eigenvalue weighted by Crippen LogP contribution is -2.33. The van der Waals surface area contributed by atoms with Crippen molar-refractivity contribution in [1.82, 2.24) is 0 Å². The van der Waals surface area contributed by atoms with Crippen LogP contribution in [0.4, 0.5) is 10.1 Å². The Morgan fingerprint density at radius 1 is 1.29 bits per heavy atom. The predicted molar refractivity (Wildman–Crippen MR) is 71.8 cm³/mol. The van der Waals surface area contributed by atoms with Gasteiger partial charge in [0.25, 0.3) is 0 Å². The summed E-state index contributed by atoms with van der Waals surface area (Å²) in [5.41, 5.74) is 7.86. The molecule has 1 aromatic rings. The van der Waals surface area contributed by atoms with Crippen molar-refractivity contribution in [1.29, 1.82) is 0 Å². The van der Waals surface area contributed by atoms with Crippen molar-refractivity contribution in [2.75, 3.05) is 11.4 Å². The molecule has 2 N–H and O–H groups in total. The fourth-order valence-electron chi connectivity index (χ4n) is 2.05. The molecule has 0 aliphatic rings. The molecule has 96 valence electrons. The summed E-state index contributed by atoms with van der Waals surface area (Å²) >= 11 is 0. The molecular formula is C14H23FN2. The van der Waals surface area contributed by atoms with Crippen LogP contribution < -0.4 is 10.6 Å². The number of hydrogen-bond acceptors (Lipinski definition) is 2. The van der Waals surface area contributed by atoms with Crippen LogP contribution in [0.15, 0.2) is 18.2 Å². The van der Waals surface area contributed by atoms with Crippen LogP contribution in [0.2, 0.25) is 0 Å². The monoisotopic (exact) mass is 238 g/mol. The molecule has 1 unspecified atom stereocenters. The first kappa shape index (κ1) is 14.0. The van der Waals surface area contributed by atoms with Crippen LogP contribution >= 0.6 is 0 Å². The zero-order chi connectivity index (χ0) is 13.0. The predicted octanol–water partition coefficient (Wildman–Crippen LogP) is 3.47. The van der Waals surface area contributed by atoms with E-state index < -0.39 is 0 Å². The van der Waals surface area contributed by atoms with Gasteiger partial charge in [-0.2, -0.15) is 0 Å². The maximum Gasteiger partial charge on any atom is 0.123 e. The normalized spacial score (nSPS) is 12.9. The standard InChI is InChI=1S/C14H23FN2/c1-5-8-17(10(2)3)14-7-6-12(15)9-13(14)11(4)16/h6-7,9-11H,5,8,16H2,1-4H3. The third-order valence-electron chi connectivity index (χ3n) is 2.88. The largest absolute Gasteiger partial charge is 0.369 e. The second kappa shape index (κ2) is 6.01. The Morgan fingerprint density at radius 2 is 1.94 bits per heavy atom. The summed E-state index contributed by atoms with van der Waals surface area (Å²) in [5, 5.41) is 0. The molecule has 0 radical (unpaired) electrons. The van der Waals surface area contributed by atoms with E-state index in [1.807, 2.05) is 13.0 Å². The van der Waals surface area contributed by atoms with E-state index in [2.05, 4.69) is 25.7 Å². The first-order chi connectivity index (χ1) is 7.97. The molecule has 0 amide bonds. The minimum Gasteiger partial charge on any atom is -0.369 e. The van der Waals surface area contributed by atoms with E-state index in [-0.39, 0.29) is 11.9 Å². The van der Waals surface area contributed by atoms with Gasteiger partial charge in [0.2, 0.25) is 0 Å². The highest BCUT2D eigenvalue weighted by Gasteiger charge is 2.16. The van der Waals surface area contributed by atoms with Crippen molar-refractivity contribution < 1.29 is 4.39 Å². The maximum absolute atomic E-state index is 13.3. The van der Waals surface area contributed by atoms with Crippen molar-refractivity contribution in [2.24, 2.45) is 5.73 Å². The van der Waals surface area contributed by atoms with Gasteiger partial charge in [-0.15, -0.1) is 0 Å². The molecule has 0 aromatic heterocycles. The van der Waals surface area contributed by atoms with Crippen molar-refractivity contribution in [3.63, 3.8) is 0 Å². The lowest BCUT2D eigenvalue weighted by atomic mass is 10.0. The van der Waals surface area contributed by atoms with Gasteiger partial charge in [-0.05, 0) is 51.0 Å². The van der Waals surface area contributed by atoms with E-state index in [1.54, 1.807) is 6.07 Å². The average molecular weight is 238 g/mol. The summed E-state index contributed by atoms with van der Waals surface area (Å²) < 4.78 is 13.3. The number of benzene rings is 1. The molecule has 17 heavy (non-hydrogen) atoms. The lowest BCUT2D eigenvalue weighted by Gasteiger charge is -2.31. The fraction of sp³-hybridized carbons (Fsp3) is 0.571. The van der Waals surface area contributed by atoms with Crippen LogP contribution in [-0.4, -0.2) is 12.6 Å². The summed E-state index contributed by atoms with van der Waals surface area (Å²) in [5.74, 6) is -0.221. The van der Waals surface area contributed by atoms with E-state index in [4.69, 9.17) is 5.73 Å². The summed E-state index contributed by atoms with van der Waals surface area (Å²) in [6.45, 7) is 9.28. The Labute approximate surface area is 104 Å². The molecule has 1 aromatic carbocycles. The molecule has 0 saturated carbocycles. The first-order valence-electron chi connectivity index (χ1n) is 6.29. The van der Waals surface area contributed by atoms with Crippen LogP contribution in [0.25, 0.3) is 0 Å². The molecule has 2 nitrogen and oxygen atoms in total. The Hall–Kier alpha value is -1.09. The van der Waals surface area contributed by atoms with E-state index in [1.165, 1.54) is 6.07 Å². The van der Waals surface area contributed by atoms with E-state index in [9.17, 15) is 4.39 Å². The summed E-state index contributed by atoms with van der Waals surface area (Å²) in [7, 11) is 0. The second-order valence-electron chi connectivity index (χ2n) is 4.78. The third-order valence-corrected chi connectivity index (χ3v) is 2.88. The van der Waals surface area contributed by atoms with Crippen molar-refractivity contribution in [3.8, 4) is 0 Å². The quantitative estimate of drug-likeness (QED) is 0.851. The maximum atomic E-state index is 13.3. The molecule has 0 heterocycles. The summed E-state index contributed by atoms with van der Waals surface area (Å²) in [6, 6.07) is 5.12. The zero-order valence-electron chi connectivity index (χ0n) is 11.2. The van der Waals surface area contributed by atoms with Crippen molar-refractivity contribution in [2.45, 2.75) is 46.2 Å². The number of nitrogens with zero attached hydrogens (tertiary/aromatic N) is 1. The lowest BCUT2D eigenvalue weighted by molar-refractivity contribution is 0.617. The number of nitrogens with two attached hydrogens (primary N) is 1. The second-order valence-corrected chi connectivity index (χ2v) is 4.78. The van der Waals surface area contributed by atoms with Crippen LogP contribution in [-0.2, 0) is 0 Å². The van der Waals surface area contributed by atoms with E-state index >= 15 is 0 Å². The van der Waals surface area contributed by atoms with Crippen LogP contribution in [0.3, 0.4) is 0 Å². The number of hydrogen-bond donors (Lipinski definition) is 1. The molecule has 0 fully saturated rings. The molecule has 0 aliphatic heterocycles. The van der Waals surface area contributed by atoms with Gasteiger partial charge in [-0.3, -0.25) is 0 Å². The van der Waals surface area contributed by atoms with Gasteiger partial charge in [0.15, 0.2) is 0 Å². The highest BCUT2D eigenvalue weighted by atomic mass is 19.1. The molecule has 0 spiro atoms. The Morgan fingerprint density at radius 3 is 2.41 bits per heavy atom. The van der Waals surface area contributed by atoms with E-state index in [0.29, 0.717) is 6.04 Å². The number of anilines is 1. The van der Waals surface area contributed by atoms with Gasteiger partial charge in [-0.1, -0.05) is 6.92 Å². The first-order valence-corrected chi connectivity index (χ1v) is 6.29. The average Bonchev–Trinajstić information content (AvgIpc) is 2.26. The van der Waals surface area contributed by atoms with Gasteiger partial charge in [0, 0.05) is 24.3 Å². The smallest absolute Gasteiger partial charge is 0.123 e. The van der Waals surface area contributed by atoms with Gasteiger partial charge in [0.1, 0.15) is 5.82 Å². The number of halogens is 1. The molecule has 1 atom stereocenters. The van der Waals surface area contributed by atoms with Crippen molar-refractivity contribution >= 4 is 5.69 Å². The van der Waals surface area contributed by atoms with E-state index in [0.717, 1.165) is 24.2 Å². The minimum atomic E-state index is -0.221. The summed E-state index contributed by atoms with van der Waals surface area (Å²) in [6.07, 6.45) is 1.06. The molecule has 3 heteroatoms. The van der Waals surface area contributed by atoms with Crippen LogP contribution in [0.1, 0.15) is 45.7 Å². The fourth-order valence-corrected chi connectivity index (χ4v) is 2.05. The summed E-state index contributed by atoms with van der Waals surface area (Å²) in [4.78, 5) is 2.28. The Balaban J connectivity index is 3.17. The Kier molecular flexibility index (Phi) is 4.94. The third kappa shape index (κ3) is 3.43. The minimum absolute atomic E-state index is 0.154. The SMILES string of the molecule is CCCN(c1ccc(F)cc1C(C)N)C(C)C. The molecule has 0 aliphatic carbocycles. The van der Waals surface area contributed by atoms with Gasteiger partial charge >= 0.3 is 0 Å². The molecule has 0 saturated heterocycles. The van der Waals surface area contributed by atoms with Crippen LogP contribution in [0, 0.1) is 5.82 Å². The van der Waals surface area contributed by atoms with Gasteiger partial charge in [0.05, 0.1) is 0 Å². The highest BCUT2D eigenvalue weighted by Crippen LogP contribution is 2.27. The molecule has 1 rings (SSSR count). The Bertz CT molecular complexity index is 361.